The number of nitrogens with one attached hydrogen (secondary N) is 2. The van der Waals surface area contributed by atoms with Crippen molar-refractivity contribution >= 4 is 35.0 Å². The zero-order valence-corrected chi connectivity index (χ0v) is 20.1. The monoisotopic (exact) mass is 489 g/mol. The van der Waals surface area contributed by atoms with Crippen LogP contribution < -0.4 is 10.6 Å². The second-order valence-electron chi connectivity index (χ2n) is 8.60. The number of likely N-dealkylation sites (tertiary alicyclic amines) is 1. The van der Waals surface area contributed by atoms with Gasteiger partial charge in [0.25, 0.3) is 11.8 Å². The van der Waals surface area contributed by atoms with Crippen molar-refractivity contribution in [2.75, 3.05) is 25.0 Å². The summed E-state index contributed by atoms with van der Waals surface area (Å²) in [5.41, 5.74) is 2.72. The van der Waals surface area contributed by atoms with Gasteiger partial charge in [0, 0.05) is 36.8 Å². The van der Waals surface area contributed by atoms with E-state index < -0.39 is 0 Å². The quantitative estimate of drug-likeness (QED) is 0.500. The smallest absolute Gasteiger partial charge is 0.257 e. The predicted octanol–water partition coefficient (Wildman–Crippen LogP) is 4.80. The summed E-state index contributed by atoms with van der Waals surface area (Å²) >= 11 is 6.08. The Morgan fingerprint density at radius 3 is 2.20 bits per heavy atom. The zero-order valence-electron chi connectivity index (χ0n) is 19.4. The largest absolute Gasteiger partial charge is 0.356 e. The van der Waals surface area contributed by atoms with Gasteiger partial charge in [-0.3, -0.25) is 14.4 Å². The topological polar surface area (TPSA) is 78.5 Å². The minimum atomic E-state index is -0.307. The Morgan fingerprint density at radius 2 is 1.51 bits per heavy atom. The Morgan fingerprint density at radius 1 is 0.857 bits per heavy atom. The molecular weight excluding hydrogens is 462 g/mol. The molecule has 2 N–H and O–H groups in total. The molecule has 3 amide bonds. The number of carbonyl (C=O) groups is 3. The predicted molar refractivity (Wildman–Crippen MR) is 138 cm³/mol. The molecule has 3 aromatic rings. The normalized spacial score (nSPS) is 13.8. The highest BCUT2D eigenvalue weighted by atomic mass is 35.5. The summed E-state index contributed by atoms with van der Waals surface area (Å²) in [5.74, 6) is -0.389. The molecule has 7 heteroatoms. The maximum absolute atomic E-state index is 12.9. The molecule has 4 rings (SSSR count). The number of benzene rings is 3. The van der Waals surface area contributed by atoms with Crippen LogP contribution in [0.3, 0.4) is 0 Å². The molecule has 1 fully saturated rings. The molecule has 0 spiro atoms. The molecule has 0 aromatic heterocycles. The molecule has 0 radical (unpaired) electrons. The van der Waals surface area contributed by atoms with Crippen LogP contribution in [0.15, 0.2) is 78.9 Å². The van der Waals surface area contributed by atoms with Crippen LogP contribution in [0.2, 0.25) is 5.02 Å². The van der Waals surface area contributed by atoms with Crippen molar-refractivity contribution in [3.05, 3.63) is 101 Å². The molecule has 6 nitrogen and oxygen atoms in total. The van der Waals surface area contributed by atoms with Crippen LogP contribution in [0.1, 0.15) is 39.1 Å². The maximum Gasteiger partial charge on any atom is 0.257 e. The lowest BCUT2D eigenvalue weighted by atomic mass is 9.95. The first-order valence-corrected chi connectivity index (χ1v) is 12.2. The van der Waals surface area contributed by atoms with Crippen LogP contribution in [0.25, 0.3) is 0 Å². The molecule has 1 aliphatic heterocycles. The Hall–Kier alpha value is -3.64. The molecule has 3 aromatic carbocycles. The summed E-state index contributed by atoms with van der Waals surface area (Å²) < 4.78 is 0. The molecule has 0 unspecified atom stereocenters. The molecule has 0 bridgehead atoms. The van der Waals surface area contributed by atoms with Gasteiger partial charge in [0.2, 0.25) is 5.91 Å². The number of nitrogens with zero attached hydrogens (tertiary/aromatic N) is 1. The molecule has 0 atom stereocenters. The van der Waals surface area contributed by atoms with E-state index in [1.54, 1.807) is 53.4 Å². The average Bonchev–Trinajstić information content (AvgIpc) is 2.89. The van der Waals surface area contributed by atoms with E-state index in [0.29, 0.717) is 54.3 Å². The number of carbonyl (C=O) groups excluding carboxylic acids is 3. The van der Waals surface area contributed by atoms with Crippen LogP contribution in [-0.2, 0) is 11.2 Å². The van der Waals surface area contributed by atoms with Gasteiger partial charge in [0.1, 0.15) is 0 Å². The van der Waals surface area contributed by atoms with Gasteiger partial charge in [-0.05, 0) is 61.2 Å². The summed E-state index contributed by atoms with van der Waals surface area (Å²) in [6.45, 7) is 1.70. The van der Waals surface area contributed by atoms with Gasteiger partial charge in [0.15, 0.2) is 0 Å². The minimum absolute atomic E-state index is 0.0617. The van der Waals surface area contributed by atoms with Gasteiger partial charge >= 0.3 is 0 Å². The van der Waals surface area contributed by atoms with Crippen LogP contribution >= 0.6 is 11.6 Å². The van der Waals surface area contributed by atoms with E-state index in [2.05, 4.69) is 22.8 Å². The second kappa shape index (κ2) is 11.7. The first-order valence-electron chi connectivity index (χ1n) is 11.8. The molecule has 1 heterocycles. The van der Waals surface area contributed by atoms with Gasteiger partial charge in [-0.1, -0.05) is 54.1 Å². The van der Waals surface area contributed by atoms with Gasteiger partial charge in [0.05, 0.1) is 10.6 Å². The summed E-state index contributed by atoms with van der Waals surface area (Å²) in [5, 5.41) is 6.21. The fourth-order valence-corrected chi connectivity index (χ4v) is 4.41. The first-order chi connectivity index (χ1) is 17.0. The third-order valence-electron chi connectivity index (χ3n) is 6.22. The number of amides is 3. The molecule has 1 saturated heterocycles. The second-order valence-corrected chi connectivity index (χ2v) is 9.01. The van der Waals surface area contributed by atoms with E-state index in [1.165, 1.54) is 5.56 Å². The Bertz CT molecular complexity index is 1170. The van der Waals surface area contributed by atoms with Crippen LogP contribution in [-0.4, -0.2) is 42.3 Å². The number of rotatable bonds is 7. The fourth-order valence-electron chi connectivity index (χ4n) is 4.19. The van der Waals surface area contributed by atoms with Crippen LogP contribution in [0, 0.1) is 5.92 Å². The lowest BCUT2D eigenvalue weighted by Crippen LogP contribution is -2.43. The van der Waals surface area contributed by atoms with E-state index in [0.717, 1.165) is 6.42 Å². The Balaban J connectivity index is 1.24. The summed E-state index contributed by atoms with van der Waals surface area (Å²) in [6.07, 6.45) is 2.10. The lowest BCUT2D eigenvalue weighted by Gasteiger charge is -2.31. The summed E-state index contributed by atoms with van der Waals surface area (Å²) in [4.78, 5) is 39.7. The van der Waals surface area contributed by atoms with Crippen molar-refractivity contribution in [3.8, 4) is 0 Å². The molecule has 1 aliphatic rings. The van der Waals surface area contributed by atoms with Crippen molar-refractivity contribution in [1.82, 2.24) is 10.2 Å². The van der Waals surface area contributed by atoms with E-state index >= 15 is 0 Å². The van der Waals surface area contributed by atoms with Crippen molar-refractivity contribution in [2.45, 2.75) is 19.3 Å². The van der Waals surface area contributed by atoms with Gasteiger partial charge < -0.3 is 15.5 Å². The maximum atomic E-state index is 12.9. The number of anilines is 1. The lowest BCUT2D eigenvalue weighted by molar-refractivity contribution is -0.126. The third-order valence-corrected chi connectivity index (χ3v) is 6.55. The number of hydrogen-bond acceptors (Lipinski definition) is 3. The summed E-state index contributed by atoms with van der Waals surface area (Å²) in [6, 6.07) is 23.7. The third kappa shape index (κ3) is 6.49. The Labute approximate surface area is 210 Å². The van der Waals surface area contributed by atoms with Crippen molar-refractivity contribution in [2.24, 2.45) is 5.92 Å². The highest BCUT2D eigenvalue weighted by Gasteiger charge is 2.27. The van der Waals surface area contributed by atoms with Gasteiger partial charge in [-0.15, -0.1) is 0 Å². The number of hydrogen-bond donors (Lipinski definition) is 2. The highest BCUT2D eigenvalue weighted by molar-refractivity contribution is 6.34. The average molecular weight is 490 g/mol. The zero-order chi connectivity index (χ0) is 24.6. The molecular formula is C28H28ClN3O3. The standard InChI is InChI=1S/C28H28ClN3O3/c29-25-9-5-4-8-24(25)27(34)31-23-12-10-22(11-13-23)28(35)32-18-15-21(16-19-32)26(33)30-17-14-20-6-2-1-3-7-20/h1-13,21H,14-19H2,(H,30,33)(H,31,34). The fraction of sp³-hybridized carbons (Fsp3) is 0.250. The van der Waals surface area contributed by atoms with E-state index in [1.807, 2.05) is 18.2 Å². The van der Waals surface area contributed by atoms with E-state index in [4.69, 9.17) is 11.6 Å². The molecule has 0 saturated carbocycles. The highest BCUT2D eigenvalue weighted by Crippen LogP contribution is 2.21. The van der Waals surface area contributed by atoms with Crippen LogP contribution in [0.4, 0.5) is 5.69 Å². The number of halogens is 1. The SMILES string of the molecule is O=C(Nc1ccc(C(=O)N2CCC(C(=O)NCCc3ccccc3)CC2)cc1)c1ccccc1Cl. The van der Waals surface area contributed by atoms with Crippen molar-refractivity contribution < 1.29 is 14.4 Å². The first kappa shape index (κ1) is 24.5. The van der Waals surface area contributed by atoms with Gasteiger partial charge in [-0.2, -0.15) is 0 Å². The Kier molecular flexibility index (Phi) is 8.16. The van der Waals surface area contributed by atoms with Crippen molar-refractivity contribution in [1.29, 1.82) is 0 Å². The minimum Gasteiger partial charge on any atom is -0.356 e. The number of piperidine rings is 1. The molecule has 35 heavy (non-hydrogen) atoms. The molecule has 0 aliphatic carbocycles. The van der Waals surface area contributed by atoms with Crippen LogP contribution in [0.5, 0.6) is 0 Å². The summed E-state index contributed by atoms with van der Waals surface area (Å²) in [7, 11) is 0. The molecule has 180 valence electrons. The van der Waals surface area contributed by atoms with E-state index in [-0.39, 0.29) is 23.6 Å². The van der Waals surface area contributed by atoms with Crippen molar-refractivity contribution in [3.63, 3.8) is 0 Å². The van der Waals surface area contributed by atoms with E-state index in [9.17, 15) is 14.4 Å². The van der Waals surface area contributed by atoms with Gasteiger partial charge in [-0.25, -0.2) is 0 Å².